The van der Waals surface area contributed by atoms with Gasteiger partial charge in [0, 0.05) is 43.7 Å². The molecule has 9 nitrogen and oxygen atoms in total. The van der Waals surface area contributed by atoms with Gasteiger partial charge in [0.2, 0.25) is 0 Å². The highest BCUT2D eigenvalue weighted by atomic mass is 16.4. The predicted molar refractivity (Wildman–Crippen MR) is 119 cm³/mol. The minimum absolute atomic E-state index is 0.0178. The molecule has 0 amide bonds. The normalized spacial score (nSPS) is 40.8. The van der Waals surface area contributed by atoms with Crippen LogP contribution in [0.4, 0.5) is 0 Å². The highest BCUT2D eigenvalue weighted by molar-refractivity contribution is 5.98. The van der Waals surface area contributed by atoms with E-state index in [4.69, 9.17) is 5.73 Å². The summed E-state index contributed by atoms with van der Waals surface area (Å²) >= 11 is 0. The van der Waals surface area contributed by atoms with Crippen molar-refractivity contribution in [1.82, 2.24) is 10.2 Å². The minimum Gasteiger partial charge on any atom is -0.478 e. The average molecular weight is 447 g/mol. The first-order valence-electron chi connectivity index (χ1n) is 11.4. The Balaban J connectivity index is 1.94. The highest BCUT2D eigenvalue weighted by Crippen LogP contribution is 2.76. The van der Waals surface area contributed by atoms with E-state index in [1.165, 1.54) is 0 Å². The van der Waals surface area contributed by atoms with Crippen LogP contribution in [0, 0.1) is 28.6 Å². The number of rotatable bonds is 6. The number of aldehydes is 1. The first-order valence-corrected chi connectivity index (χ1v) is 11.4. The highest BCUT2D eigenvalue weighted by Gasteiger charge is 2.75. The molecule has 6 N–H and O–H groups in total. The molecule has 1 heterocycles. The van der Waals surface area contributed by atoms with Gasteiger partial charge in [-0.1, -0.05) is 13.0 Å². The van der Waals surface area contributed by atoms with Gasteiger partial charge in [-0.2, -0.15) is 0 Å². The Morgan fingerprint density at radius 1 is 1.44 bits per heavy atom. The molecule has 4 rings (SSSR count). The van der Waals surface area contributed by atoms with E-state index >= 15 is 0 Å². The lowest BCUT2D eigenvalue weighted by Crippen LogP contribution is -2.62. The molecule has 2 spiro atoms. The van der Waals surface area contributed by atoms with Gasteiger partial charge in [0.1, 0.15) is 0 Å². The summed E-state index contributed by atoms with van der Waals surface area (Å²) in [4.78, 5) is 30.5. The third-order valence-corrected chi connectivity index (χ3v) is 8.80. The summed E-state index contributed by atoms with van der Waals surface area (Å²) in [7, 11) is 1.63. The average Bonchev–Trinajstić information content (AvgIpc) is 3.12. The van der Waals surface area contributed by atoms with Gasteiger partial charge in [0.05, 0.1) is 12.2 Å². The number of carbonyl (C=O) groups excluding carboxylic acids is 1. The molecule has 1 aliphatic heterocycles. The van der Waals surface area contributed by atoms with E-state index in [1.807, 2.05) is 11.1 Å². The van der Waals surface area contributed by atoms with Crippen LogP contribution >= 0.6 is 0 Å². The minimum atomic E-state index is -2.00. The Bertz CT molecular complexity index is 901. The number of carboxylic acids is 1. The maximum atomic E-state index is 12.3. The number of nitrogens with one attached hydrogen (secondary N) is 1. The molecule has 0 aromatic rings. The maximum Gasteiger partial charge on any atom is 0.334 e. The van der Waals surface area contributed by atoms with Crippen LogP contribution in [0.5, 0.6) is 0 Å². The summed E-state index contributed by atoms with van der Waals surface area (Å²) in [6.45, 7) is 3.75. The lowest BCUT2D eigenvalue weighted by atomic mass is 9.46. The largest absolute Gasteiger partial charge is 0.478 e. The van der Waals surface area contributed by atoms with Gasteiger partial charge in [-0.05, 0) is 49.0 Å². The molecular formula is C23H34N4O5. The predicted octanol–water partition coefficient (Wildman–Crippen LogP) is 0.0958. The van der Waals surface area contributed by atoms with Crippen molar-refractivity contribution in [3.05, 3.63) is 23.4 Å². The van der Waals surface area contributed by atoms with Crippen LogP contribution in [-0.2, 0) is 9.59 Å². The van der Waals surface area contributed by atoms with Gasteiger partial charge in [-0.25, -0.2) is 4.79 Å². The first-order chi connectivity index (χ1) is 15.2. The molecule has 9 heteroatoms. The van der Waals surface area contributed by atoms with Crippen molar-refractivity contribution >= 4 is 18.2 Å². The van der Waals surface area contributed by atoms with Crippen LogP contribution in [0.15, 0.2) is 28.4 Å². The smallest absolute Gasteiger partial charge is 0.334 e. The summed E-state index contributed by atoms with van der Waals surface area (Å²) in [5.41, 5.74) is 3.76. The second kappa shape index (κ2) is 7.97. The molecule has 32 heavy (non-hydrogen) atoms. The van der Waals surface area contributed by atoms with Crippen LogP contribution in [0.2, 0.25) is 0 Å². The van der Waals surface area contributed by atoms with Crippen molar-refractivity contribution in [3.63, 3.8) is 0 Å². The zero-order chi connectivity index (χ0) is 23.3. The van der Waals surface area contributed by atoms with Crippen molar-refractivity contribution in [2.24, 2.45) is 39.3 Å². The Labute approximate surface area is 188 Å². The van der Waals surface area contributed by atoms with Crippen molar-refractivity contribution in [3.8, 4) is 0 Å². The number of aliphatic hydroxyl groups excluding tert-OH is 1. The number of allylic oxidation sites excluding steroid dienone is 1. The third kappa shape index (κ3) is 2.84. The number of hydrogen-bond acceptors (Lipinski definition) is 6. The second-order valence-electron chi connectivity index (χ2n) is 9.85. The van der Waals surface area contributed by atoms with Crippen LogP contribution in [0.3, 0.4) is 0 Å². The quantitative estimate of drug-likeness (QED) is 0.167. The molecule has 2 fully saturated rings. The van der Waals surface area contributed by atoms with E-state index < -0.39 is 22.4 Å². The van der Waals surface area contributed by atoms with Gasteiger partial charge in [0.15, 0.2) is 17.8 Å². The van der Waals surface area contributed by atoms with Crippen molar-refractivity contribution in [2.75, 3.05) is 33.3 Å². The van der Waals surface area contributed by atoms with E-state index in [1.54, 1.807) is 7.05 Å². The lowest BCUT2D eigenvalue weighted by Gasteiger charge is -2.60. The zero-order valence-electron chi connectivity index (χ0n) is 18.8. The Morgan fingerprint density at radius 3 is 2.81 bits per heavy atom. The number of aliphatic carboxylic acids is 1. The number of aliphatic hydroxyl groups is 2. The van der Waals surface area contributed by atoms with Crippen LogP contribution < -0.4 is 11.1 Å². The summed E-state index contributed by atoms with van der Waals surface area (Å²) in [6.07, 6.45) is 6.94. The zero-order valence-corrected chi connectivity index (χ0v) is 18.8. The van der Waals surface area contributed by atoms with Gasteiger partial charge < -0.3 is 31.3 Å². The molecular weight excluding hydrogens is 412 g/mol. The molecule has 176 valence electrons. The molecule has 4 aliphatic rings. The number of nitrogens with zero attached hydrogens (tertiary/aromatic N) is 2. The molecule has 0 aromatic heterocycles. The summed E-state index contributed by atoms with van der Waals surface area (Å²) in [5.74, 6) is -0.534. The molecule has 0 saturated heterocycles. The topological polar surface area (TPSA) is 148 Å². The number of carbonyl (C=O) groups is 2. The van der Waals surface area contributed by atoms with E-state index in [0.717, 1.165) is 18.4 Å². The van der Waals surface area contributed by atoms with Gasteiger partial charge in [-0.3, -0.25) is 9.79 Å². The molecule has 0 radical (unpaired) electrons. The van der Waals surface area contributed by atoms with Crippen LogP contribution in [-0.4, -0.2) is 77.3 Å². The van der Waals surface area contributed by atoms with E-state index in [0.29, 0.717) is 38.3 Å². The van der Waals surface area contributed by atoms with E-state index in [9.17, 15) is 24.9 Å². The van der Waals surface area contributed by atoms with Crippen molar-refractivity contribution in [1.29, 1.82) is 0 Å². The lowest BCUT2D eigenvalue weighted by molar-refractivity contribution is -0.141. The van der Waals surface area contributed by atoms with Crippen molar-refractivity contribution < 1.29 is 24.9 Å². The van der Waals surface area contributed by atoms with Gasteiger partial charge >= 0.3 is 5.97 Å². The first kappa shape index (κ1) is 22.9. The van der Waals surface area contributed by atoms with Crippen LogP contribution in [0.25, 0.3) is 0 Å². The number of guanidine groups is 1. The third-order valence-electron chi connectivity index (χ3n) is 8.80. The number of nitrogens with two attached hydrogens (primary N) is 1. The Morgan fingerprint density at radius 2 is 2.19 bits per heavy atom. The molecule has 6 atom stereocenters. The fourth-order valence-corrected chi connectivity index (χ4v) is 7.64. The fraction of sp³-hybridized carbons (Fsp3) is 0.696. The Kier molecular flexibility index (Phi) is 5.71. The van der Waals surface area contributed by atoms with Gasteiger partial charge in [-0.15, -0.1) is 0 Å². The van der Waals surface area contributed by atoms with Gasteiger partial charge in [0.25, 0.3) is 0 Å². The maximum absolute atomic E-state index is 12.3. The monoisotopic (exact) mass is 446 g/mol. The SMILES string of the molecule is CN=C(N)N1C=C[C@H](CNCCO)[C@@]2(C1)[C@@H]1CC[C@@H](C)[C@]23C[C@](O)(C=O)C(C(=O)O)=C3C1. The number of aliphatic imine (C=N–C) groups is 1. The summed E-state index contributed by atoms with van der Waals surface area (Å²) in [6, 6.07) is 0. The van der Waals surface area contributed by atoms with E-state index in [2.05, 4.69) is 23.3 Å². The molecule has 2 saturated carbocycles. The molecule has 3 aliphatic carbocycles. The second-order valence-corrected chi connectivity index (χ2v) is 9.85. The fourth-order valence-electron chi connectivity index (χ4n) is 7.64. The number of hydrogen-bond donors (Lipinski definition) is 5. The number of carboxylic acid groups (broad SMARTS) is 1. The van der Waals surface area contributed by atoms with Crippen LogP contribution in [0.1, 0.15) is 32.6 Å². The molecule has 0 unspecified atom stereocenters. The molecule has 2 bridgehead atoms. The standard InChI is InChI=1S/C23H34N4O5/c1-14-3-4-15-9-17-18(19(30)31)21(32,13-29)11-22(14,17)23(15)12-27(20(24)25-2)7-5-16(23)10-26-6-8-28/h5,7,13-16,26,28,32H,3-4,6,8-12H2,1-2H3,(H2,24,25)(H,30,31)/t14-,15-,16-,21+,22+,23-/m1/s1. The summed E-state index contributed by atoms with van der Waals surface area (Å²) in [5, 5.41) is 33.9. The van der Waals surface area contributed by atoms with Crippen molar-refractivity contribution in [2.45, 2.75) is 38.2 Å². The Hall–Kier alpha value is -2.23. The summed E-state index contributed by atoms with van der Waals surface area (Å²) < 4.78 is 0. The van der Waals surface area contributed by atoms with E-state index in [-0.39, 0.29) is 36.4 Å². The molecule has 0 aromatic carbocycles.